The summed E-state index contributed by atoms with van der Waals surface area (Å²) in [5.74, 6) is -0.265. The fourth-order valence-electron chi connectivity index (χ4n) is 3.04. The molecule has 0 aliphatic carbocycles. The number of benzene rings is 1. The van der Waals surface area contributed by atoms with E-state index in [1.54, 1.807) is 55.0 Å². The normalized spacial score (nSPS) is 16.8. The summed E-state index contributed by atoms with van der Waals surface area (Å²) in [5.41, 5.74) is 0.454. The van der Waals surface area contributed by atoms with Gasteiger partial charge < -0.3 is 4.90 Å². The molecule has 1 aromatic heterocycles. The van der Waals surface area contributed by atoms with Crippen LogP contribution in [0.15, 0.2) is 47.6 Å². The van der Waals surface area contributed by atoms with Crippen molar-refractivity contribution < 1.29 is 9.59 Å². The molecule has 0 atom stereocenters. The van der Waals surface area contributed by atoms with Gasteiger partial charge in [0.05, 0.1) is 10.7 Å². The first-order valence-electron chi connectivity index (χ1n) is 9.04. The van der Waals surface area contributed by atoms with Crippen molar-refractivity contribution in [3.05, 3.63) is 53.3 Å². The van der Waals surface area contributed by atoms with E-state index in [1.165, 1.54) is 4.90 Å². The van der Waals surface area contributed by atoms with Gasteiger partial charge in [-0.15, -0.1) is 11.8 Å². The number of amides is 3. The third kappa shape index (κ3) is 4.03. The van der Waals surface area contributed by atoms with Crippen LogP contribution in [0.2, 0.25) is 5.02 Å². The summed E-state index contributed by atoms with van der Waals surface area (Å²) in [6.07, 6.45) is 3.35. The second-order valence-corrected chi connectivity index (χ2v) is 10.5. The second-order valence-electron chi connectivity index (χ2n) is 8.25. The minimum Gasteiger partial charge on any atom is -0.305 e. The highest BCUT2D eigenvalue weighted by Crippen LogP contribution is 2.40. The van der Waals surface area contributed by atoms with Crippen molar-refractivity contribution in [1.82, 2.24) is 9.88 Å². The number of halogens is 1. The summed E-state index contributed by atoms with van der Waals surface area (Å²) in [6.45, 7) is 10.2. The van der Waals surface area contributed by atoms with Gasteiger partial charge in [0, 0.05) is 28.6 Å². The molecule has 1 aliphatic heterocycles. The van der Waals surface area contributed by atoms with Crippen LogP contribution in [0.1, 0.15) is 40.2 Å². The van der Waals surface area contributed by atoms with Crippen LogP contribution >= 0.6 is 23.4 Å². The molecule has 3 rings (SSSR count). The number of hydrogen-bond acceptors (Lipinski definition) is 4. The predicted molar refractivity (Wildman–Crippen MR) is 114 cm³/mol. The molecule has 0 radical (unpaired) electrons. The van der Waals surface area contributed by atoms with Crippen molar-refractivity contribution in [2.45, 2.75) is 56.3 Å². The van der Waals surface area contributed by atoms with Crippen molar-refractivity contribution in [2.75, 3.05) is 4.90 Å². The molecular formula is C21H24ClN3O2S. The zero-order chi connectivity index (χ0) is 20.7. The van der Waals surface area contributed by atoms with Crippen LogP contribution in [0.5, 0.6) is 0 Å². The van der Waals surface area contributed by atoms with E-state index in [2.05, 4.69) is 25.8 Å². The number of carbonyl (C=O) groups is 2. The number of urea groups is 1. The molecular weight excluding hydrogens is 394 g/mol. The van der Waals surface area contributed by atoms with Crippen molar-refractivity contribution in [2.24, 2.45) is 0 Å². The summed E-state index contributed by atoms with van der Waals surface area (Å²) in [5, 5.41) is 0.531. The monoisotopic (exact) mass is 417 g/mol. The second kappa shape index (κ2) is 7.41. The number of nitrogens with zero attached hydrogens (tertiary/aromatic N) is 3. The van der Waals surface area contributed by atoms with Gasteiger partial charge in [-0.25, -0.2) is 9.69 Å². The van der Waals surface area contributed by atoms with Gasteiger partial charge in [0.25, 0.3) is 5.91 Å². The highest BCUT2D eigenvalue weighted by Gasteiger charge is 2.51. The number of rotatable bonds is 4. The number of anilines is 1. The first-order chi connectivity index (χ1) is 13.0. The maximum atomic E-state index is 13.1. The molecule has 0 N–H and O–H groups in total. The number of imide groups is 1. The molecule has 0 bridgehead atoms. The highest BCUT2D eigenvalue weighted by molar-refractivity contribution is 8.00. The number of aromatic nitrogens is 1. The molecule has 1 saturated heterocycles. The zero-order valence-corrected chi connectivity index (χ0v) is 18.3. The molecule has 1 fully saturated rings. The van der Waals surface area contributed by atoms with Crippen LogP contribution in [-0.2, 0) is 11.3 Å². The predicted octanol–water partition coefficient (Wildman–Crippen LogP) is 5.37. The lowest BCUT2D eigenvalue weighted by Gasteiger charge is -2.27. The Balaban J connectivity index is 1.91. The van der Waals surface area contributed by atoms with Crippen LogP contribution in [0, 0.1) is 0 Å². The molecule has 0 unspecified atom stereocenters. The number of pyridine rings is 1. The average molecular weight is 418 g/mol. The SMILES string of the molecule is CC(C)(C)Sc1ccc(N2C(=O)N(Cc3ccncc3)C(C)(C)C2=O)cc1Cl. The van der Waals surface area contributed by atoms with Crippen molar-refractivity contribution in [3.8, 4) is 0 Å². The minimum atomic E-state index is -0.953. The topological polar surface area (TPSA) is 53.5 Å². The van der Waals surface area contributed by atoms with Crippen LogP contribution < -0.4 is 4.90 Å². The van der Waals surface area contributed by atoms with E-state index in [0.717, 1.165) is 10.5 Å². The smallest absolute Gasteiger partial charge is 0.305 e. The van der Waals surface area contributed by atoms with Gasteiger partial charge in [0.2, 0.25) is 0 Å². The summed E-state index contributed by atoms with van der Waals surface area (Å²) in [6, 6.07) is 8.67. The van der Waals surface area contributed by atoms with Gasteiger partial charge in [0.15, 0.2) is 0 Å². The largest absolute Gasteiger partial charge is 0.332 e. The summed E-state index contributed by atoms with van der Waals surface area (Å²) < 4.78 is 0.00771. The molecule has 1 aliphatic rings. The molecule has 3 amide bonds. The first kappa shape index (κ1) is 20.7. The molecule has 2 heterocycles. The Bertz CT molecular complexity index is 910. The van der Waals surface area contributed by atoms with Crippen molar-refractivity contribution >= 4 is 41.0 Å². The summed E-state index contributed by atoms with van der Waals surface area (Å²) >= 11 is 8.10. The number of thioether (sulfide) groups is 1. The van der Waals surface area contributed by atoms with Crippen LogP contribution in [0.3, 0.4) is 0 Å². The highest BCUT2D eigenvalue weighted by atomic mass is 35.5. The Labute approximate surface area is 175 Å². The van der Waals surface area contributed by atoms with Gasteiger partial charge in [-0.3, -0.25) is 9.78 Å². The van der Waals surface area contributed by atoms with Gasteiger partial charge in [-0.1, -0.05) is 32.4 Å². The Morgan fingerprint density at radius 2 is 1.75 bits per heavy atom. The summed E-state index contributed by atoms with van der Waals surface area (Å²) in [7, 11) is 0. The standard InChI is InChI=1S/C21H24ClN3O2S/c1-20(2,3)28-17-7-6-15(12-16(17)22)25-18(26)21(4,5)24(19(25)27)13-14-8-10-23-11-9-14/h6-12H,13H2,1-5H3. The van der Waals surface area contributed by atoms with Crippen molar-refractivity contribution in [1.29, 1.82) is 0 Å². The van der Waals surface area contributed by atoms with Crippen LogP contribution in [-0.4, -0.2) is 32.1 Å². The minimum absolute atomic E-state index is 0.00771. The molecule has 7 heteroatoms. The van der Waals surface area contributed by atoms with E-state index >= 15 is 0 Å². The number of carbonyl (C=O) groups excluding carboxylic acids is 2. The van der Waals surface area contributed by atoms with E-state index in [1.807, 2.05) is 18.2 Å². The quantitative estimate of drug-likeness (QED) is 0.495. The maximum absolute atomic E-state index is 13.1. The Morgan fingerprint density at radius 1 is 1.11 bits per heavy atom. The molecule has 148 valence electrons. The first-order valence-corrected chi connectivity index (χ1v) is 10.2. The van der Waals surface area contributed by atoms with Gasteiger partial charge in [-0.05, 0) is 49.7 Å². The lowest BCUT2D eigenvalue weighted by Crippen LogP contribution is -2.43. The van der Waals surface area contributed by atoms with E-state index in [4.69, 9.17) is 11.6 Å². The molecule has 0 saturated carbocycles. The van der Waals surface area contributed by atoms with Crippen LogP contribution in [0.4, 0.5) is 10.5 Å². The fraction of sp³-hybridized carbons (Fsp3) is 0.381. The van der Waals surface area contributed by atoms with Crippen molar-refractivity contribution in [3.63, 3.8) is 0 Å². The Kier molecular flexibility index (Phi) is 5.47. The third-order valence-electron chi connectivity index (χ3n) is 4.50. The third-order valence-corrected chi connectivity index (χ3v) is 6.12. The van der Waals surface area contributed by atoms with E-state index in [-0.39, 0.29) is 16.7 Å². The zero-order valence-electron chi connectivity index (χ0n) is 16.7. The van der Waals surface area contributed by atoms with E-state index in [9.17, 15) is 9.59 Å². The molecule has 1 aromatic carbocycles. The maximum Gasteiger partial charge on any atom is 0.332 e. The fourth-order valence-corrected chi connectivity index (χ4v) is 4.28. The molecule has 5 nitrogen and oxygen atoms in total. The Hall–Kier alpha value is -2.05. The number of hydrogen-bond donors (Lipinski definition) is 0. The lowest BCUT2D eigenvalue weighted by molar-refractivity contribution is -0.123. The molecule has 28 heavy (non-hydrogen) atoms. The van der Waals surface area contributed by atoms with Gasteiger partial charge in [0.1, 0.15) is 5.54 Å². The van der Waals surface area contributed by atoms with E-state index in [0.29, 0.717) is 17.3 Å². The van der Waals surface area contributed by atoms with Gasteiger partial charge >= 0.3 is 6.03 Å². The lowest BCUT2D eigenvalue weighted by atomic mass is 10.0. The van der Waals surface area contributed by atoms with E-state index < -0.39 is 5.54 Å². The average Bonchev–Trinajstić information content (AvgIpc) is 2.77. The summed E-state index contributed by atoms with van der Waals surface area (Å²) in [4.78, 5) is 33.9. The van der Waals surface area contributed by atoms with Gasteiger partial charge in [-0.2, -0.15) is 0 Å². The Morgan fingerprint density at radius 3 is 2.32 bits per heavy atom. The molecule has 2 aromatic rings. The molecule has 0 spiro atoms. The van der Waals surface area contributed by atoms with Crippen LogP contribution in [0.25, 0.3) is 0 Å².